The van der Waals surface area contributed by atoms with Gasteiger partial charge >= 0.3 is 5.97 Å². The highest BCUT2D eigenvalue weighted by Gasteiger charge is 2.24. The molecule has 6 heteroatoms. The zero-order valence-corrected chi connectivity index (χ0v) is 15.3. The van der Waals surface area contributed by atoms with Gasteiger partial charge in [-0.25, -0.2) is 0 Å². The summed E-state index contributed by atoms with van der Waals surface area (Å²) in [6, 6.07) is 10.5. The monoisotopic (exact) mass is 349 g/mol. The number of likely N-dealkylation sites (tertiary alicyclic amines) is 1. The van der Waals surface area contributed by atoms with E-state index in [4.69, 9.17) is 0 Å². The van der Waals surface area contributed by atoms with E-state index in [1.54, 1.807) is 0 Å². The van der Waals surface area contributed by atoms with Crippen LogP contribution in [0, 0.1) is 5.92 Å². The van der Waals surface area contributed by atoms with Gasteiger partial charge in [-0.2, -0.15) is 0 Å². The number of methoxy groups -OCH3 is 1. The molecule has 132 valence electrons. The molecule has 0 aromatic heterocycles. The molecule has 2 rings (SSSR count). The number of carbonyl (C=O) groups is 1. The Kier molecular flexibility index (Phi) is 7.95. The summed E-state index contributed by atoms with van der Waals surface area (Å²) in [5.41, 5.74) is 0. The first kappa shape index (κ1) is 18.6. The molecule has 24 heavy (non-hydrogen) atoms. The van der Waals surface area contributed by atoms with Crippen LogP contribution in [0.15, 0.2) is 40.2 Å². The lowest BCUT2D eigenvalue weighted by Crippen LogP contribution is -2.40. The van der Waals surface area contributed by atoms with Crippen molar-refractivity contribution in [1.82, 2.24) is 10.2 Å². The smallest absolute Gasteiger partial charge is 0.307 e. The number of rotatable bonds is 7. The van der Waals surface area contributed by atoms with Crippen LogP contribution in [0.2, 0.25) is 0 Å². The van der Waals surface area contributed by atoms with E-state index in [-0.39, 0.29) is 5.97 Å². The summed E-state index contributed by atoms with van der Waals surface area (Å²) in [6.07, 6.45) is 1.51. The number of ether oxygens (including phenoxy) is 1. The Morgan fingerprint density at radius 1 is 1.42 bits per heavy atom. The molecule has 0 amide bonds. The molecule has 1 aromatic carbocycles. The van der Waals surface area contributed by atoms with E-state index >= 15 is 0 Å². The second-order valence-corrected chi connectivity index (χ2v) is 6.88. The standard InChI is InChI=1S/C18H27N3O2S/c1-3-19-18(20-11-9-17(22)23-2)21-12-10-15(13-21)14-24-16-7-5-4-6-8-16/h4-8,15H,3,9-14H2,1-2H3,(H,19,20). The molecule has 0 radical (unpaired) electrons. The molecular formula is C18H27N3O2S. The fourth-order valence-electron chi connectivity index (χ4n) is 2.67. The maximum absolute atomic E-state index is 11.2. The molecule has 0 aliphatic carbocycles. The Bertz CT molecular complexity index is 536. The van der Waals surface area contributed by atoms with E-state index in [1.165, 1.54) is 18.4 Å². The van der Waals surface area contributed by atoms with Crippen LogP contribution >= 0.6 is 11.8 Å². The highest BCUT2D eigenvalue weighted by Crippen LogP contribution is 2.25. The number of esters is 1. The lowest BCUT2D eigenvalue weighted by atomic mass is 10.2. The lowest BCUT2D eigenvalue weighted by Gasteiger charge is -2.21. The van der Waals surface area contributed by atoms with Crippen molar-refractivity contribution >= 4 is 23.7 Å². The Morgan fingerprint density at radius 2 is 2.21 bits per heavy atom. The van der Waals surface area contributed by atoms with Gasteiger partial charge in [0.2, 0.25) is 0 Å². The SMILES string of the molecule is CCNC(=NCCC(=O)OC)N1CCC(CSc2ccccc2)C1. The summed E-state index contributed by atoms with van der Waals surface area (Å²) < 4.78 is 4.66. The third kappa shape index (κ3) is 6.07. The van der Waals surface area contributed by atoms with E-state index in [1.807, 2.05) is 11.8 Å². The number of carbonyl (C=O) groups excluding carboxylic acids is 1. The molecule has 1 fully saturated rings. The van der Waals surface area contributed by atoms with Gasteiger partial charge in [-0.05, 0) is 31.4 Å². The van der Waals surface area contributed by atoms with Crippen LogP contribution in [0.25, 0.3) is 0 Å². The predicted octanol–water partition coefficient (Wildman–Crippen LogP) is 2.63. The quantitative estimate of drug-likeness (QED) is 0.355. The van der Waals surface area contributed by atoms with Gasteiger partial charge in [0.25, 0.3) is 0 Å². The number of nitrogens with zero attached hydrogens (tertiary/aromatic N) is 2. The van der Waals surface area contributed by atoms with E-state index in [0.29, 0.717) is 18.9 Å². The summed E-state index contributed by atoms with van der Waals surface area (Å²) in [5, 5.41) is 3.33. The number of benzene rings is 1. The molecule has 1 aliphatic rings. The summed E-state index contributed by atoms with van der Waals surface area (Å²) in [6.45, 7) is 5.40. The van der Waals surface area contributed by atoms with Gasteiger partial charge in [-0.15, -0.1) is 11.8 Å². The average molecular weight is 350 g/mol. The van der Waals surface area contributed by atoms with Crippen molar-refractivity contribution in [3.63, 3.8) is 0 Å². The molecule has 0 saturated carbocycles. The van der Waals surface area contributed by atoms with E-state index in [9.17, 15) is 4.79 Å². The zero-order chi connectivity index (χ0) is 17.2. The maximum Gasteiger partial charge on any atom is 0.307 e. The van der Waals surface area contributed by atoms with Crippen molar-refractivity contribution in [2.75, 3.05) is 39.0 Å². The fraction of sp³-hybridized carbons (Fsp3) is 0.556. The highest BCUT2D eigenvalue weighted by molar-refractivity contribution is 7.99. The summed E-state index contributed by atoms with van der Waals surface area (Å²) in [4.78, 5) is 19.4. The van der Waals surface area contributed by atoms with Crippen LogP contribution in [0.4, 0.5) is 0 Å². The van der Waals surface area contributed by atoms with Gasteiger partial charge in [0.1, 0.15) is 0 Å². The minimum absolute atomic E-state index is 0.215. The molecule has 1 saturated heterocycles. The first-order valence-corrected chi connectivity index (χ1v) is 9.49. The van der Waals surface area contributed by atoms with Crippen molar-refractivity contribution in [2.45, 2.75) is 24.7 Å². The van der Waals surface area contributed by atoms with Gasteiger partial charge in [0.15, 0.2) is 5.96 Å². The molecule has 1 N–H and O–H groups in total. The molecule has 1 aromatic rings. The second-order valence-electron chi connectivity index (χ2n) is 5.79. The molecule has 5 nitrogen and oxygen atoms in total. The summed E-state index contributed by atoms with van der Waals surface area (Å²) >= 11 is 1.92. The van der Waals surface area contributed by atoms with Crippen LogP contribution in [0.5, 0.6) is 0 Å². The van der Waals surface area contributed by atoms with E-state index in [2.05, 4.69) is 57.2 Å². The normalized spacial score (nSPS) is 17.8. The largest absolute Gasteiger partial charge is 0.469 e. The predicted molar refractivity (Wildman–Crippen MR) is 99.5 cm³/mol. The van der Waals surface area contributed by atoms with Gasteiger partial charge < -0.3 is 15.0 Å². The minimum atomic E-state index is -0.215. The number of guanidine groups is 1. The number of aliphatic imine (C=N–C) groups is 1. The molecule has 0 bridgehead atoms. The zero-order valence-electron chi connectivity index (χ0n) is 14.5. The van der Waals surface area contributed by atoms with Crippen molar-refractivity contribution in [3.05, 3.63) is 30.3 Å². The summed E-state index contributed by atoms with van der Waals surface area (Å²) in [7, 11) is 1.41. The molecular weight excluding hydrogens is 322 g/mol. The average Bonchev–Trinajstić information content (AvgIpc) is 3.09. The van der Waals surface area contributed by atoms with Crippen molar-refractivity contribution in [2.24, 2.45) is 10.9 Å². The number of hydrogen-bond donors (Lipinski definition) is 1. The maximum atomic E-state index is 11.2. The molecule has 1 unspecified atom stereocenters. The molecule has 1 atom stereocenters. The van der Waals surface area contributed by atoms with Crippen molar-refractivity contribution in [1.29, 1.82) is 0 Å². The van der Waals surface area contributed by atoms with Gasteiger partial charge in [-0.3, -0.25) is 9.79 Å². The van der Waals surface area contributed by atoms with Crippen molar-refractivity contribution in [3.8, 4) is 0 Å². The Morgan fingerprint density at radius 3 is 2.92 bits per heavy atom. The second kappa shape index (κ2) is 10.2. The summed E-state index contributed by atoms with van der Waals surface area (Å²) in [5.74, 6) is 2.49. The lowest BCUT2D eigenvalue weighted by molar-refractivity contribution is -0.140. The Balaban J connectivity index is 1.81. The van der Waals surface area contributed by atoms with Crippen molar-refractivity contribution < 1.29 is 9.53 Å². The number of hydrogen-bond acceptors (Lipinski definition) is 4. The van der Waals surface area contributed by atoms with E-state index < -0.39 is 0 Å². The minimum Gasteiger partial charge on any atom is -0.469 e. The van der Waals surface area contributed by atoms with Crippen LogP contribution < -0.4 is 5.32 Å². The number of nitrogens with one attached hydrogen (secondary N) is 1. The first-order valence-electron chi connectivity index (χ1n) is 8.50. The third-order valence-electron chi connectivity index (χ3n) is 3.95. The van der Waals surface area contributed by atoms with Crippen LogP contribution in [0.3, 0.4) is 0 Å². The molecule has 0 spiro atoms. The third-order valence-corrected chi connectivity index (χ3v) is 5.20. The molecule has 1 heterocycles. The highest BCUT2D eigenvalue weighted by atomic mass is 32.2. The van der Waals surface area contributed by atoms with Crippen LogP contribution in [-0.4, -0.2) is 55.9 Å². The fourth-order valence-corrected chi connectivity index (χ4v) is 3.72. The number of thioether (sulfide) groups is 1. The van der Waals surface area contributed by atoms with Crippen LogP contribution in [0.1, 0.15) is 19.8 Å². The van der Waals surface area contributed by atoms with Gasteiger partial charge in [-0.1, -0.05) is 18.2 Å². The Hall–Kier alpha value is -1.69. The van der Waals surface area contributed by atoms with Crippen LogP contribution in [-0.2, 0) is 9.53 Å². The first-order chi connectivity index (χ1) is 11.7. The topological polar surface area (TPSA) is 53.9 Å². The molecule has 1 aliphatic heterocycles. The Labute approximate surface area is 148 Å². The van der Waals surface area contributed by atoms with Gasteiger partial charge in [0.05, 0.1) is 20.1 Å². The van der Waals surface area contributed by atoms with Gasteiger partial charge in [0, 0.05) is 30.3 Å². The van der Waals surface area contributed by atoms with E-state index in [0.717, 1.165) is 31.3 Å².